The van der Waals surface area contributed by atoms with Crippen molar-refractivity contribution in [2.24, 2.45) is 4.99 Å². The molecule has 1 aromatic heterocycles. The number of carbonyl (C=O) groups excluding carboxylic acids is 1. The Bertz CT molecular complexity index is 782. The second kappa shape index (κ2) is 9.16. The molecule has 27 heavy (non-hydrogen) atoms. The number of aliphatic imine (C=N–C) groups is 1. The monoisotopic (exact) mass is 365 g/mol. The largest absolute Gasteiger partial charge is 0.357 e. The topological polar surface area (TPSA) is 60.8 Å². The van der Waals surface area contributed by atoms with Gasteiger partial charge in [-0.15, -0.1) is 0 Å². The third-order valence-electron chi connectivity index (χ3n) is 4.66. The lowest BCUT2D eigenvalue weighted by Gasteiger charge is -2.36. The Morgan fingerprint density at radius 3 is 2.56 bits per heavy atom. The van der Waals surface area contributed by atoms with Gasteiger partial charge >= 0.3 is 0 Å². The zero-order chi connectivity index (χ0) is 19.1. The number of amides is 1. The predicted octanol–water partition coefficient (Wildman–Crippen LogP) is 2.38. The van der Waals surface area contributed by atoms with E-state index in [0.29, 0.717) is 6.54 Å². The van der Waals surface area contributed by atoms with Crippen LogP contribution in [0.2, 0.25) is 0 Å². The van der Waals surface area contributed by atoms with E-state index < -0.39 is 0 Å². The molecule has 1 N–H and O–H groups in total. The number of pyridine rings is 1. The van der Waals surface area contributed by atoms with E-state index in [1.807, 2.05) is 35.4 Å². The molecule has 0 saturated carbocycles. The number of nitrogens with zero attached hydrogens (tertiary/aromatic N) is 4. The summed E-state index contributed by atoms with van der Waals surface area (Å²) in [4.78, 5) is 24.9. The van der Waals surface area contributed by atoms with Crippen LogP contribution in [0.4, 0.5) is 0 Å². The quantitative estimate of drug-likeness (QED) is 0.668. The van der Waals surface area contributed by atoms with E-state index >= 15 is 0 Å². The summed E-state index contributed by atoms with van der Waals surface area (Å²) in [5.41, 5.74) is 3.22. The van der Waals surface area contributed by atoms with Crippen LogP contribution < -0.4 is 5.32 Å². The summed E-state index contributed by atoms with van der Waals surface area (Å²) in [7, 11) is 0. The van der Waals surface area contributed by atoms with Gasteiger partial charge in [0.05, 0.1) is 12.2 Å². The van der Waals surface area contributed by atoms with Crippen molar-refractivity contribution in [3.63, 3.8) is 0 Å². The van der Waals surface area contributed by atoms with Crippen molar-refractivity contribution in [1.82, 2.24) is 20.1 Å². The molecule has 1 aliphatic heterocycles. The Kier molecular flexibility index (Phi) is 6.41. The highest BCUT2D eigenvalue weighted by atomic mass is 16.2. The van der Waals surface area contributed by atoms with Gasteiger partial charge in [-0.1, -0.05) is 24.3 Å². The Hall–Kier alpha value is -2.89. The summed E-state index contributed by atoms with van der Waals surface area (Å²) < 4.78 is 0. The fourth-order valence-electron chi connectivity index (χ4n) is 3.19. The predicted molar refractivity (Wildman–Crippen MR) is 108 cm³/mol. The number of hydrogen-bond donors (Lipinski definition) is 1. The lowest BCUT2D eigenvalue weighted by atomic mass is 10.1. The Labute approximate surface area is 160 Å². The molecule has 6 heteroatoms. The summed E-state index contributed by atoms with van der Waals surface area (Å²) in [6, 6.07) is 14.3. The van der Waals surface area contributed by atoms with Gasteiger partial charge in [0, 0.05) is 51.4 Å². The Morgan fingerprint density at radius 2 is 1.89 bits per heavy atom. The Morgan fingerprint density at radius 1 is 1.11 bits per heavy atom. The SMILES string of the molecule is CCNC(=NCc1cccc(-c2ccccn2)c1)N1CCN(C(C)=O)CC1. The first-order valence-corrected chi connectivity index (χ1v) is 9.46. The van der Waals surface area contributed by atoms with E-state index in [-0.39, 0.29) is 5.91 Å². The molecule has 6 nitrogen and oxygen atoms in total. The number of guanidine groups is 1. The van der Waals surface area contributed by atoms with Crippen LogP contribution >= 0.6 is 0 Å². The number of nitrogens with one attached hydrogen (secondary N) is 1. The standard InChI is InChI=1S/C21H27N5O/c1-3-22-21(26-13-11-25(12-14-26)17(2)27)24-16-18-7-6-8-19(15-18)20-9-4-5-10-23-20/h4-10,15H,3,11-14,16H2,1-2H3,(H,22,24). The normalized spacial score (nSPS) is 15.0. The third-order valence-corrected chi connectivity index (χ3v) is 4.66. The first-order chi connectivity index (χ1) is 13.2. The summed E-state index contributed by atoms with van der Waals surface area (Å²) in [5.74, 6) is 1.05. The molecule has 1 aromatic carbocycles. The van der Waals surface area contributed by atoms with E-state index in [4.69, 9.17) is 4.99 Å². The minimum atomic E-state index is 0.142. The molecule has 1 amide bonds. The van der Waals surface area contributed by atoms with Crippen LogP contribution in [0.3, 0.4) is 0 Å². The molecule has 3 rings (SSSR count). The van der Waals surface area contributed by atoms with Crippen molar-refractivity contribution in [3.05, 3.63) is 54.2 Å². The van der Waals surface area contributed by atoms with E-state index in [2.05, 4.69) is 40.3 Å². The maximum absolute atomic E-state index is 11.5. The smallest absolute Gasteiger partial charge is 0.219 e. The van der Waals surface area contributed by atoms with Crippen LogP contribution in [0, 0.1) is 0 Å². The molecule has 1 fully saturated rings. The van der Waals surface area contributed by atoms with Gasteiger partial charge in [-0.05, 0) is 30.7 Å². The van der Waals surface area contributed by atoms with Crippen LogP contribution in [-0.2, 0) is 11.3 Å². The summed E-state index contributed by atoms with van der Waals surface area (Å²) in [6.07, 6.45) is 1.81. The summed E-state index contributed by atoms with van der Waals surface area (Å²) in [5, 5.41) is 3.37. The van der Waals surface area contributed by atoms with Crippen LogP contribution in [0.15, 0.2) is 53.7 Å². The van der Waals surface area contributed by atoms with Crippen molar-refractivity contribution < 1.29 is 4.79 Å². The van der Waals surface area contributed by atoms with Gasteiger partial charge in [0.15, 0.2) is 5.96 Å². The van der Waals surface area contributed by atoms with Crippen LogP contribution in [0.25, 0.3) is 11.3 Å². The molecule has 0 unspecified atom stereocenters. The molecule has 1 aliphatic rings. The summed E-state index contributed by atoms with van der Waals surface area (Å²) in [6.45, 7) is 8.23. The highest BCUT2D eigenvalue weighted by Gasteiger charge is 2.20. The minimum absolute atomic E-state index is 0.142. The molecule has 0 spiro atoms. The Balaban J connectivity index is 1.69. The van der Waals surface area contributed by atoms with Gasteiger partial charge in [0.1, 0.15) is 0 Å². The molecule has 2 heterocycles. The number of piperazine rings is 1. The zero-order valence-electron chi connectivity index (χ0n) is 16.1. The van der Waals surface area contributed by atoms with E-state index in [1.165, 1.54) is 0 Å². The second-order valence-corrected chi connectivity index (χ2v) is 6.58. The number of carbonyl (C=O) groups is 1. The molecule has 0 aliphatic carbocycles. The van der Waals surface area contributed by atoms with Crippen molar-refractivity contribution in [3.8, 4) is 11.3 Å². The van der Waals surface area contributed by atoms with Crippen molar-refractivity contribution in [1.29, 1.82) is 0 Å². The maximum atomic E-state index is 11.5. The zero-order valence-corrected chi connectivity index (χ0v) is 16.1. The van der Waals surface area contributed by atoms with E-state index in [0.717, 1.165) is 55.5 Å². The molecular weight excluding hydrogens is 338 g/mol. The molecule has 0 bridgehead atoms. The number of aromatic nitrogens is 1. The molecule has 2 aromatic rings. The average Bonchev–Trinajstić information content (AvgIpc) is 2.72. The van der Waals surface area contributed by atoms with Gasteiger partial charge in [-0.2, -0.15) is 0 Å². The first kappa shape index (κ1) is 18.9. The summed E-state index contributed by atoms with van der Waals surface area (Å²) >= 11 is 0. The third kappa shape index (κ3) is 5.06. The molecule has 1 saturated heterocycles. The fraction of sp³-hybridized carbons (Fsp3) is 0.381. The van der Waals surface area contributed by atoms with Crippen molar-refractivity contribution >= 4 is 11.9 Å². The van der Waals surface area contributed by atoms with Crippen molar-refractivity contribution in [2.75, 3.05) is 32.7 Å². The maximum Gasteiger partial charge on any atom is 0.219 e. The molecular formula is C21H27N5O. The highest BCUT2D eigenvalue weighted by molar-refractivity contribution is 5.80. The number of rotatable bonds is 4. The van der Waals surface area contributed by atoms with E-state index in [9.17, 15) is 4.79 Å². The van der Waals surface area contributed by atoms with Gasteiger partial charge in [0.2, 0.25) is 5.91 Å². The number of hydrogen-bond acceptors (Lipinski definition) is 3. The fourth-order valence-corrected chi connectivity index (χ4v) is 3.19. The number of benzene rings is 1. The second-order valence-electron chi connectivity index (χ2n) is 6.58. The lowest BCUT2D eigenvalue weighted by Crippen LogP contribution is -2.53. The van der Waals surface area contributed by atoms with Crippen LogP contribution in [0.5, 0.6) is 0 Å². The van der Waals surface area contributed by atoms with Gasteiger partial charge in [0.25, 0.3) is 0 Å². The van der Waals surface area contributed by atoms with Crippen LogP contribution in [0.1, 0.15) is 19.4 Å². The van der Waals surface area contributed by atoms with E-state index in [1.54, 1.807) is 6.92 Å². The molecule has 142 valence electrons. The van der Waals surface area contributed by atoms with Crippen LogP contribution in [-0.4, -0.2) is 59.4 Å². The molecule has 0 radical (unpaired) electrons. The van der Waals surface area contributed by atoms with Gasteiger partial charge in [-0.25, -0.2) is 4.99 Å². The van der Waals surface area contributed by atoms with Gasteiger partial charge < -0.3 is 15.1 Å². The molecule has 0 atom stereocenters. The lowest BCUT2D eigenvalue weighted by molar-refractivity contribution is -0.130. The average molecular weight is 365 g/mol. The highest BCUT2D eigenvalue weighted by Crippen LogP contribution is 2.18. The van der Waals surface area contributed by atoms with Crippen molar-refractivity contribution in [2.45, 2.75) is 20.4 Å². The first-order valence-electron chi connectivity index (χ1n) is 9.46. The minimum Gasteiger partial charge on any atom is -0.357 e. The van der Waals surface area contributed by atoms with Gasteiger partial charge in [-0.3, -0.25) is 9.78 Å².